The van der Waals surface area contributed by atoms with Gasteiger partial charge >= 0.3 is 0 Å². The zero-order chi connectivity index (χ0) is 8.85. The van der Waals surface area contributed by atoms with Crippen LogP contribution in [0, 0.1) is 0 Å². The zero-order valence-corrected chi connectivity index (χ0v) is 7.61. The van der Waals surface area contributed by atoms with Crippen LogP contribution < -0.4 is 0 Å². The van der Waals surface area contributed by atoms with Crippen molar-refractivity contribution in [2.24, 2.45) is 0 Å². The third-order valence-electron chi connectivity index (χ3n) is 1.52. The van der Waals surface area contributed by atoms with E-state index in [2.05, 4.69) is 6.58 Å². The molecule has 1 nitrogen and oxygen atoms in total. The van der Waals surface area contributed by atoms with E-state index in [9.17, 15) is 4.79 Å². The predicted octanol–water partition coefficient (Wildman–Crippen LogP) is 2.88. The van der Waals surface area contributed by atoms with Gasteiger partial charge in [-0.3, -0.25) is 4.79 Å². The van der Waals surface area contributed by atoms with Gasteiger partial charge in [-0.25, -0.2) is 0 Å². The van der Waals surface area contributed by atoms with Crippen LogP contribution in [0.15, 0.2) is 23.8 Å². The van der Waals surface area contributed by atoms with Crippen LogP contribution in [0.1, 0.15) is 33.6 Å². The molecule has 11 heavy (non-hydrogen) atoms. The summed E-state index contributed by atoms with van der Waals surface area (Å²) >= 11 is 0. The van der Waals surface area contributed by atoms with Crippen LogP contribution in [-0.4, -0.2) is 5.78 Å². The molecule has 0 aromatic rings. The van der Waals surface area contributed by atoms with E-state index in [1.165, 1.54) is 0 Å². The maximum atomic E-state index is 11.0. The van der Waals surface area contributed by atoms with Gasteiger partial charge in [0, 0.05) is 6.42 Å². The molecule has 0 aliphatic carbocycles. The highest BCUT2D eigenvalue weighted by Crippen LogP contribution is 2.04. The summed E-state index contributed by atoms with van der Waals surface area (Å²) in [7, 11) is 0. The monoisotopic (exact) mass is 152 g/mol. The zero-order valence-electron chi connectivity index (χ0n) is 7.61. The molecule has 0 unspecified atom stereocenters. The van der Waals surface area contributed by atoms with E-state index >= 15 is 0 Å². The molecule has 0 N–H and O–H groups in total. The Bertz CT molecular complexity index is 187. The van der Waals surface area contributed by atoms with E-state index in [4.69, 9.17) is 0 Å². The standard InChI is InChI=1S/C10H16O/c1-5-10(11)9(4)7-6-8(2)3/h7H,2,5-6H2,1,3-4H3. The van der Waals surface area contributed by atoms with Gasteiger partial charge in [0.15, 0.2) is 5.78 Å². The highest BCUT2D eigenvalue weighted by atomic mass is 16.1. The molecule has 0 aliphatic heterocycles. The average molecular weight is 152 g/mol. The fraction of sp³-hybridized carbons (Fsp3) is 0.500. The molecule has 0 atom stereocenters. The van der Waals surface area contributed by atoms with Gasteiger partial charge in [0.1, 0.15) is 0 Å². The molecule has 0 saturated carbocycles. The number of carbonyl (C=O) groups is 1. The molecule has 0 heterocycles. The van der Waals surface area contributed by atoms with Crippen molar-refractivity contribution >= 4 is 5.78 Å². The Morgan fingerprint density at radius 2 is 2.00 bits per heavy atom. The normalized spacial score (nSPS) is 11.4. The first kappa shape index (κ1) is 10.2. The van der Waals surface area contributed by atoms with Crippen LogP contribution in [0.25, 0.3) is 0 Å². The quantitative estimate of drug-likeness (QED) is 0.447. The smallest absolute Gasteiger partial charge is 0.157 e. The maximum Gasteiger partial charge on any atom is 0.157 e. The molecular formula is C10H16O. The second-order valence-corrected chi connectivity index (χ2v) is 2.83. The summed E-state index contributed by atoms with van der Waals surface area (Å²) in [5.41, 5.74) is 1.95. The SMILES string of the molecule is C=C(C)CC=C(C)C(=O)CC. The summed E-state index contributed by atoms with van der Waals surface area (Å²) in [6.07, 6.45) is 3.35. The lowest BCUT2D eigenvalue weighted by Gasteiger charge is -1.96. The number of allylic oxidation sites excluding steroid dienone is 3. The minimum atomic E-state index is 0.228. The molecule has 1 heteroatoms. The van der Waals surface area contributed by atoms with Crippen molar-refractivity contribution in [3.05, 3.63) is 23.8 Å². The van der Waals surface area contributed by atoms with Gasteiger partial charge in [0.25, 0.3) is 0 Å². The molecule has 0 rings (SSSR count). The van der Waals surface area contributed by atoms with Gasteiger partial charge < -0.3 is 0 Å². The average Bonchev–Trinajstić information content (AvgIpc) is 1.98. The number of carbonyl (C=O) groups excluding carboxylic acids is 1. The van der Waals surface area contributed by atoms with Crippen molar-refractivity contribution in [1.82, 2.24) is 0 Å². The summed E-state index contributed by atoms with van der Waals surface area (Å²) < 4.78 is 0. The lowest BCUT2D eigenvalue weighted by molar-refractivity contribution is -0.115. The Labute approximate surface area is 68.8 Å². The number of hydrogen-bond acceptors (Lipinski definition) is 1. The first-order valence-electron chi connectivity index (χ1n) is 3.92. The number of rotatable bonds is 4. The van der Waals surface area contributed by atoms with Gasteiger partial charge in [-0.05, 0) is 25.8 Å². The van der Waals surface area contributed by atoms with Crippen LogP contribution >= 0.6 is 0 Å². The predicted molar refractivity (Wildman–Crippen MR) is 48.5 cm³/mol. The molecule has 0 saturated heterocycles. The Balaban J connectivity index is 4.00. The largest absolute Gasteiger partial charge is 0.295 e. The van der Waals surface area contributed by atoms with E-state index in [0.717, 1.165) is 17.6 Å². The summed E-state index contributed by atoms with van der Waals surface area (Å²) in [5.74, 6) is 0.228. The van der Waals surface area contributed by atoms with Crippen LogP contribution in [0.5, 0.6) is 0 Å². The van der Waals surface area contributed by atoms with Crippen molar-refractivity contribution < 1.29 is 4.79 Å². The van der Waals surface area contributed by atoms with Crippen LogP contribution in [0.4, 0.5) is 0 Å². The molecule has 0 spiro atoms. The Morgan fingerprint density at radius 1 is 1.45 bits per heavy atom. The molecule has 0 aliphatic rings. The van der Waals surface area contributed by atoms with Crippen LogP contribution in [-0.2, 0) is 4.79 Å². The summed E-state index contributed by atoms with van der Waals surface area (Å²) in [5, 5.41) is 0. The molecule has 0 fully saturated rings. The van der Waals surface area contributed by atoms with Gasteiger partial charge in [0.05, 0.1) is 0 Å². The first-order valence-corrected chi connectivity index (χ1v) is 3.92. The molecule has 0 aromatic carbocycles. The second-order valence-electron chi connectivity index (χ2n) is 2.83. The summed E-state index contributed by atoms with van der Waals surface area (Å²) in [4.78, 5) is 11.0. The van der Waals surface area contributed by atoms with Gasteiger partial charge in [-0.15, -0.1) is 0 Å². The molecule has 62 valence electrons. The topological polar surface area (TPSA) is 17.1 Å². The lowest BCUT2D eigenvalue weighted by Crippen LogP contribution is -1.95. The molecule has 0 bridgehead atoms. The third kappa shape index (κ3) is 4.54. The summed E-state index contributed by atoms with van der Waals surface area (Å²) in [6.45, 7) is 9.45. The highest BCUT2D eigenvalue weighted by molar-refractivity contribution is 5.94. The lowest BCUT2D eigenvalue weighted by atomic mass is 10.1. The van der Waals surface area contributed by atoms with Crippen molar-refractivity contribution in [3.63, 3.8) is 0 Å². The van der Waals surface area contributed by atoms with E-state index in [0.29, 0.717) is 6.42 Å². The van der Waals surface area contributed by atoms with Crippen molar-refractivity contribution in [2.75, 3.05) is 0 Å². The minimum absolute atomic E-state index is 0.228. The van der Waals surface area contributed by atoms with Crippen molar-refractivity contribution in [3.8, 4) is 0 Å². The Kier molecular flexibility index (Phi) is 4.51. The van der Waals surface area contributed by atoms with Gasteiger partial charge in [0.2, 0.25) is 0 Å². The van der Waals surface area contributed by atoms with E-state index in [-0.39, 0.29) is 5.78 Å². The number of Topliss-reactive ketones (excluding diaryl/α,β-unsaturated/α-hetero) is 1. The van der Waals surface area contributed by atoms with Crippen LogP contribution in [0.3, 0.4) is 0 Å². The molecule has 0 radical (unpaired) electrons. The third-order valence-corrected chi connectivity index (χ3v) is 1.52. The molecule has 0 amide bonds. The number of hydrogen-bond donors (Lipinski definition) is 0. The van der Waals surface area contributed by atoms with E-state index < -0.39 is 0 Å². The Hall–Kier alpha value is -0.850. The van der Waals surface area contributed by atoms with Gasteiger partial charge in [-0.1, -0.05) is 25.2 Å². The number of ketones is 1. The fourth-order valence-corrected chi connectivity index (χ4v) is 0.720. The molecular weight excluding hydrogens is 136 g/mol. The Morgan fingerprint density at radius 3 is 2.36 bits per heavy atom. The fourth-order valence-electron chi connectivity index (χ4n) is 0.720. The van der Waals surface area contributed by atoms with Gasteiger partial charge in [-0.2, -0.15) is 0 Å². The maximum absolute atomic E-state index is 11.0. The van der Waals surface area contributed by atoms with Crippen molar-refractivity contribution in [1.29, 1.82) is 0 Å². The first-order chi connectivity index (χ1) is 5.07. The minimum Gasteiger partial charge on any atom is -0.295 e. The van der Waals surface area contributed by atoms with E-state index in [1.807, 2.05) is 26.8 Å². The highest BCUT2D eigenvalue weighted by Gasteiger charge is 1.98. The second kappa shape index (κ2) is 4.89. The van der Waals surface area contributed by atoms with Crippen LogP contribution in [0.2, 0.25) is 0 Å². The van der Waals surface area contributed by atoms with E-state index in [1.54, 1.807) is 0 Å². The van der Waals surface area contributed by atoms with Crippen molar-refractivity contribution in [2.45, 2.75) is 33.6 Å². The summed E-state index contributed by atoms with van der Waals surface area (Å²) in [6, 6.07) is 0. The molecule has 0 aromatic heterocycles.